The Hall–Kier alpha value is -1.65. The van der Waals surface area contributed by atoms with E-state index in [-0.39, 0.29) is 10.6 Å². The highest BCUT2D eigenvalue weighted by atomic mass is 16.6. The van der Waals surface area contributed by atoms with E-state index in [0.717, 1.165) is 18.8 Å². The third-order valence-electron chi connectivity index (χ3n) is 3.67. The van der Waals surface area contributed by atoms with E-state index in [1.165, 1.54) is 37.6 Å². The van der Waals surface area contributed by atoms with Gasteiger partial charge in [0.2, 0.25) is 0 Å². The molecule has 98 valence electrons. The summed E-state index contributed by atoms with van der Waals surface area (Å²) in [4.78, 5) is 14.5. The number of hydrogen-bond donors (Lipinski definition) is 1. The molecule has 1 aliphatic rings. The second kappa shape index (κ2) is 5.80. The van der Waals surface area contributed by atoms with E-state index < -0.39 is 0 Å². The number of aromatic nitrogens is 1. The minimum absolute atomic E-state index is 0.0929. The molecule has 2 atom stereocenters. The van der Waals surface area contributed by atoms with Gasteiger partial charge in [-0.15, -0.1) is 0 Å². The summed E-state index contributed by atoms with van der Waals surface area (Å²) in [7, 11) is 0. The molecule has 0 amide bonds. The first-order valence-corrected chi connectivity index (χ1v) is 6.56. The molecule has 1 fully saturated rings. The summed E-state index contributed by atoms with van der Waals surface area (Å²) in [5, 5.41) is 14.0. The molecule has 0 spiro atoms. The van der Waals surface area contributed by atoms with Gasteiger partial charge in [-0.1, -0.05) is 26.2 Å². The van der Waals surface area contributed by atoms with Gasteiger partial charge in [-0.05, 0) is 18.8 Å². The normalized spacial score (nSPS) is 23.6. The quantitative estimate of drug-likeness (QED) is 0.656. The van der Waals surface area contributed by atoms with Crippen molar-refractivity contribution in [2.45, 2.75) is 45.1 Å². The number of anilines is 1. The molecule has 1 aliphatic carbocycles. The van der Waals surface area contributed by atoms with Crippen LogP contribution in [0.25, 0.3) is 0 Å². The van der Waals surface area contributed by atoms with Gasteiger partial charge in [0.05, 0.1) is 11.0 Å². The van der Waals surface area contributed by atoms with E-state index in [1.807, 2.05) is 0 Å². The fourth-order valence-electron chi connectivity index (χ4n) is 2.61. The lowest BCUT2D eigenvalue weighted by Gasteiger charge is -2.29. The molecule has 0 aliphatic heterocycles. The van der Waals surface area contributed by atoms with E-state index in [1.54, 1.807) is 0 Å². The van der Waals surface area contributed by atoms with Crippen molar-refractivity contribution in [3.8, 4) is 0 Å². The van der Waals surface area contributed by atoms with E-state index in [9.17, 15) is 10.1 Å². The van der Waals surface area contributed by atoms with E-state index in [0.29, 0.717) is 11.9 Å². The molecule has 1 heterocycles. The zero-order valence-electron chi connectivity index (χ0n) is 10.6. The Morgan fingerprint density at radius 2 is 2.39 bits per heavy atom. The van der Waals surface area contributed by atoms with Crippen molar-refractivity contribution in [3.63, 3.8) is 0 Å². The van der Waals surface area contributed by atoms with Crippen molar-refractivity contribution < 1.29 is 4.92 Å². The Balaban J connectivity index is 2.00. The Morgan fingerprint density at radius 3 is 3.11 bits per heavy atom. The van der Waals surface area contributed by atoms with Crippen LogP contribution >= 0.6 is 0 Å². The third-order valence-corrected chi connectivity index (χ3v) is 3.67. The van der Waals surface area contributed by atoms with E-state index >= 15 is 0 Å². The van der Waals surface area contributed by atoms with Gasteiger partial charge in [0.15, 0.2) is 0 Å². The van der Waals surface area contributed by atoms with E-state index in [2.05, 4.69) is 17.2 Å². The Kier molecular flexibility index (Phi) is 4.12. The van der Waals surface area contributed by atoms with Crippen molar-refractivity contribution in [2.75, 3.05) is 5.32 Å². The first-order valence-electron chi connectivity index (χ1n) is 6.56. The molecule has 1 N–H and O–H groups in total. The van der Waals surface area contributed by atoms with Gasteiger partial charge in [-0.25, -0.2) is 4.98 Å². The van der Waals surface area contributed by atoms with Gasteiger partial charge in [0.25, 0.3) is 5.69 Å². The largest absolute Gasteiger partial charge is 0.367 e. The summed E-state index contributed by atoms with van der Waals surface area (Å²) in [6, 6.07) is 3.33. The molecule has 1 aromatic rings. The molecular formula is C13H19N3O2. The van der Waals surface area contributed by atoms with Crippen LogP contribution in [-0.2, 0) is 0 Å². The van der Waals surface area contributed by atoms with Crippen LogP contribution < -0.4 is 5.32 Å². The second-order valence-electron chi connectivity index (χ2n) is 4.94. The molecule has 2 rings (SSSR count). The van der Waals surface area contributed by atoms with Crippen LogP contribution in [-0.4, -0.2) is 15.9 Å². The smallest absolute Gasteiger partial charge is 0.274 e. The minimum atomic E-state index is -0.386. The molecule has 5 nitrogen and oxygen atoms in total. The fourth-order valence-corrected chi connectivity index (χ4v) is 2.61. The van der Waals surface area contributed by atoms with Crippen molar-refractivity contribution in [1.29, 1.82) is 0 Å². The molecule has 0 aromatic carbocycles. The van der Waals surface area contributed by atoms with Gasteiger partial charge in [0, 0.05) is 18.3 Å². The monoisotopic (exact) mass is 249 g/mol. The summed E-state index contributed by atoms with van der Waals surface area (Å²) in [6.45, 7) is 2.22. The van der Waals surface area contributed by atoms with Crippen LogP contribution in [0.3, 0.4) is 0 Å². The van der Waals surface area contributed by atoms with Crippen LogP contribution in [0.15, 0.2) is 18.3 Å². The molecule has 1 saturated carbocycles. The number of pyridine rings is 1. The molecule has 0 radical (unpaired) electrons. The fraction of sp³-hybridized carbons (Fsp3) is 0.615. The first kappa shape index (κ1) is 12.8. The van der Waals surface area contributed by atoms with Gasteiger partial charge in [0.1, 0.15) is 5.82 Å². The standard InChI is InChI=1S/C13H19N3O2/c1-2-10-4-3-5-11(8-10)15-13-9-12(16(17)18)6-7-14-13/h6-7,9-11H,2-5,8H2,1H3,(H,14,15). The van der Waals surface area contributed by atoms with Crippen molar-refractivity contribution in [3.05, 3.63) is 28.4 Å². The lowest BCUT2D eigenvalue weighted by Crippen LogP contribution is -2.27. The van der Waals surface area contributed by atoms with Crippen LogP contribution in [0, 0.1) is 16.0 Å². The van der Waals surface area contributed by atoms with Crippen LogP contribution in [0.1, 0.15) is 39.0 Å². The van der Waals surface area contributed by atoms with Crippen molar-refractivity contribution in [1.82, 2.24) is 4.98 Å². The molecule has 0 bridgehead atoms. The summed E-state index contributed by atoms with van der Waals surface area (Å²) >= 11 is 0. The van der Waals surface area contributed by atoms with Gasteiger partial charge in [-0.2, -0.15) is 0 Å². The SMILES string of the molecule is CCC1CCCC(Nc2cc([N+](=O)[O-])ccn2)C1. The molecule has 1 aromatic heterocycles. The molecule has 0 saturated heterocycles. The van der Waals surface area contributed by atoms with Crippen molar-refractivity contribution >= 4 is 11.5 Å². The minimum Gasteiger partial charge on any atom is -0.367 e. The van der Waals surface area contributed by atoms with Gasteiger partial charge in [-0.3, -0.25) is 10.1 Å². The first-order chi connectivity index (χ1) is 8.69. The van der Waals surface area contributed by atoms with Gasteiger partial charge >= 0.3 is 0 Å². The number of nitrogens with one attached hydrogen (secondary N) is 1. The maximum Gasteiger partial charge on any atom is 0.274 e. The summed E-state index contributed by atoms with van der Waals surface area (Å²) < 4.78 is 0. The number of nitro groups is 1. The topological polar surface area (TPSA) is 68.1 Å². The maximum absolute atomic E-state index is 10.7. The molecule has 2 unspecified atom stereocenters. The Bertz CT molecular complexity index is 422. The summed E-state index contributed by atoms with van der Waals surface area (Å²) in [5.41, 5.74) is 0.0929. The summed E-state index contributed by atoms with van der Waals surface area (Å²) in [6.07, 6.45) is 7.49. The number of hydrogen-bond acceptors (Lipinski definition) is 4. The number of nitrogens with zero attached hydrogens (tertiary/aromatic N) is 2. The third kappa shape index (κ3) is 3.18. The Labute approximate surface area is 107 Å². The predicted molar refractivity (Wildman–Crippen MR) is 70.6 cm³/mol. The lowest BCUT2D eigenvalue weighted by atomic mass is 9.84. The Morgan fingerprint density at radius 1 is 1.56 bits per heavy atom. The summed E-state index contributed by atoms with van der Waals surface area (Å²) in [5.74, 6) is 1.39. The van der Waals surface area contributed by atoms with Gasteiger partial charge < -0.3 is 5.32 Å². The molecule has 18 heavy (non-hydrogen) atoms. The number of rotatable bonds is 4. The average Bonchev–Trinajstić information content (AvgIpc) is 2.39. The lowest BCUT2D eigenvalue weighted by molar-refractivity contribution is -0.384. The van der Waals surface area contributed by atoms with Crippen LogP contribution in [0.5, 0.6) is 0 Å². The zero-order chi connectivity index (χ0) is 13.0. The molecule has 5 heteroatoms. The maximum atomic E-state index is 10.7. The zero-order valence-corrected chi connectivity index (χ0v) is 10.6. The second-order valence-corrected chi connectivity index (χ2v) is 4.94. The van der Waals surface area contributed by atoms with E-state index in [4.69, 9.17) is 0 Å². The van der Waals surface area contributed by atoms with Crippen molar-refractivity contribution in [2.24, 2.45) is 5.92 Å². The van der Waals surface area contributed by atoms with Crippen LogP contribution in [0.2, 0.25) is 0 Å². The highest BCUT2D eigenvalue weighted by Crippen LogP contribution is 2.28. The predicted octanol–water partition coefficient (Wildman–Crippen LogP) is 3.37. The highest BCUT2D eigenvalue weighted by Gasteiger charge is 2.21. The average molecular weight is 249 g/mol. The highest BCUT2D eigenvalue weighted by molar-refractivity contribution is 5.44. The molecular weight excluding hydrogens is 230 g/mol. The van der Waals surface area contributed by atoms with Crippen LogP contribution in [0.4, 0.5) is 11.5 Å².